The van der Waals surface area contributed by atoms with Gasteiger partial charge >= 0.3 is 0 Å². The normalized spacial score (nSPS) is 9.92. The number of carbonyl (C=O) groups is 1. The zero-order valence-electron chi connectivity index (χ0n) is 14.6. The van der Waals surface area contributed by atoms with Crippen LogP contribution in [0.5, 0.6) is 0 Å². The van der Waals surface area contributed by atoms with E-state index in [4.69, 9.17) is 5.11 Å². The van der Waals surface area contributed by atoms with Crippen molar-refractivity contribution >= 4 is 16.6 Å². The van der Waals surface area contributed by atoms with Crippen LogP contribution in [0.3, 0.4) is 0 Å². The minimum atomic E-state index is -0.125. The van der Waals surface area contributed by atoms with Gasteiger partial charge in [-0.3, -0.25) is 9.78 Å². The Morgan fingerprint density at radius 2 is 1.56 bits per heavy atom. The Morgan fingerprint density at radius 1 is 0.960 bits per heavy atom. The van der Waals surface area contributed by atoms with Crippen molar-refractivity contribution in [3.63, 3.8) is 0 Å². The zero-order chi connectivity index (χ0) is 16.7. The van der Waals surface area contributed by atoms with Gasteiger partial charge < -0.3 is 12.5 Å². The number of nitrogens with zero attached hydrogens (tertiary/aromatic N) is 1. The van der Waals surface area contributed by atoms with E-state index < -0.39 is 0 Å². The van der Waals surface area contributed by atoms with E-state index >= 15 is 0 Å². The molecule has 1 aromatic heterocycles. The van der Waals surface area contributed by atoms with Crippen molar-refractivity contribution in [2.75, 3.05) is 0 Å². The molecule has 133 valence electrons. The van der Waals surface area contributed by atoms with E-state index in [9.17, 15) is 4.79 Å². The van der Waals surface area contributed by atoms with Gasteiger partial charge in [0.25, 0.3) is 0 Å². The maximum Gasteiger partial charge on any atom is 0.155 e. The second kappa shape index (κ2) is 11.3. The predicted molar refractivity (Wildman–Crippen MR) is 101 cm³/mol. The quantitative estimate of drug-likeness (QED) is 0.285. The van der Waals surface area contributed by atoms with Crippen molar-refractivity contribution in [3.05, 3.63) is 86.1 Å². The molecular weight excluding hydrogens is 490 g/mol. The molecule has 2 aromatic carbocycles. The number of benzene rings is 2. The Hall–Kier alpha value is -2.29. The summed E-state index contributed by atoms with van der Waals surface area (Å²) < 4.78 is 0. The molecule has 4 heteroatoms. The number of pyridine rings is 1. The Labute approximate surface area is 162 Å². The Morgan fingerprint density at radius 3 is 2.12 bits per heavy atom. The first-order valence-corrected chi connectivity index (χ1v) is 7.35. The molecule has 0 aliphatic rings. The number of carbonyl (C=O) groups excluding carboxylic acids is 1. The molecule has 0 amide bonds. The number of fused-ring (bicyclic) bond motifs is 1. The van der Waals surface area contributed by atoms with Gasteiger partial charge in [0.15, 0.2) is 5.78 Å². The van der Waals surface area contributed by atoms with Crippen LogP contribution in [0.15, 0.2) is 78.7 Å². The fraction of sp³-hybridized carbons (Fsp3) is 0.0952. The number of aromatic nitrogens is 1. The maximum atomic E-state index is 10.0. The predicted octanol–water partition coefficient (Wildman–Crippen LogP) is 5.39. The first kappa shape index (κ1) is 22.7. The summed E-state index contributed by atoms with van der Waals surface area (Å²) in [5, 5.41) is 10.8. The molecule has 1 N–H and O–H groups in total. The molecule has 0 spiro atoms. The third-order valence-electron chi connectivity index (χ3n) is 3.13. The monoisotopic (exact) mass is 513 g/mol. The topological polar surface area (TPSA) is 50.2 Å². The smallest absolute Gasteiger partial charge is 0.155 e. The van der Waals surface area contributed by atoms with E-state index in [2.05, 4.69) is 41.4 Å². The fourth-order valence-electron chi connectivity index (χ4n) is 2.24. The summed E-state index contributed by atoms with van der Waals surface area (Å²) in [5.74, 6) is -0.0625. The van der Waals surface area contributed by atoms with Crippen LogP contribution in [-0.4, -0.2) is 15.9 Å². The van der Waals surface area contributed by atoms with Crippen LogP contribution in [0.25, 0.3) is 22.0 Å². The maximum absolute atomic E-state index is 10.0. The van der Waals surface area contributed by atoms with E-state index in [1.54, 1.807) is 0 Å². The second-order valence-corrected chi connectivity index (χ2v) is 5.14. The van der Waals surface area contributed by atoms with Crippen LogP contribution in [0.1, 0.15) is 13.8 Å². The number of hydrogen-bond donors (Lipinski definition) is 1. The van der Waals surface area contributed by atoms with Crippen LogP contribution in [0, 0.1) is 7.43 Å². The van der Waals surface area contributed by atoms with Crippen molar-refractivity contribution in [2.45, 2.75) is 13.8 Å². The molecular formula is C21H22IrNO2-. The molecule has 25 heavy (non-hydrogen) atoms. The first-order valence-electron chi connectivity index (χ1n) is 7.35. The largest absolute Gasteiger partial charge is 0.512 e. The van der Waals surface area contributed by atoms with Gasteiger partial charge in [0.2, 0.25) is 0 Å². The molecule has 0 unspecified atom stereocenters. The van der Waals surface area contributed by atoms with Crippen molar-refractivity contribution < 1.29 is 30.0 Å². The van der Waals surface area contributed by atoms with Crippen LogP contribution in [0.4, 0.5) is 0 Å². The molecule has 0 fully saturated rings. The van der Waals surface area contributed by atoms with Gasteiger partial charge in [-0.15, -0.1) is 0 Å². The molecule has 0 aliphatic carbocycles. The van der Waals surface area contributed by atoms with E-state index in [-0.39, 0.29) is 39.1 Å². The summed E-state index contributed by atoms with van der Waals surface area (Å²) in [4.78, 5) is 14.5. The minimum Gasteiger partial charge on any atom is -0.512 e. The van der Waals surface area contributed by atoms with E-state index in [1.807, 2.05) is 30.5 Å². The number of hydrogen-bond acceptors (Lipinski definition) is 3. The fourth-order valence-corrected chi connectivity index (χ4v) is 2.24. The van der Waals surface area contributed by atoms with Crippen LogP contribution in [0.2, 0.25) is 0 Å². The molecule has 0 bridgehead atoms. The Balaban J connectivity index is 0.000000560. The van der Waals surface area contributed by atoms with Crippen LogP contribution >= 0.6 is 0 Å². The number of aliphatic hydroxyl groups excluding tert-OH is 1. The number of rotatable bonds is 2. The summed E-state index contributed by atoms with van der Waals surface area (Å²) in [5.41, 5.74) is 2.22. The van der Waals surface area contributed by atoms with Gasteiger partial charge in [0.1, 0.15) is 0 Å². The Kier molecular flexibility index (Phi) is 10.3. The summed E-state index contributed by atoms with van der Waals surface area (Å²) in [6.07, 6.45) is 3.03. The molecule has 3 aromatic rings. The first-order chi connectivity index (χ1) is 11.1. The zero-order valence-corrected chi connectivity index (χ0v) is 17.0. The van der Waals surface area contributed by atoms with Gasteiger partial charge in [-0.05, 0) is 25.3 Å². The van der Waals surface area contributed by atoms with Gasteiger partial charge in [-0.2, -0.15) is 0 Å². The summed E-state index contributed by atoms with van der Waals surface area (Å²) in [6.45, 7) is 2.85. The summed E-state index contributed by atoms with van der Waals surface area (Å²) in [6, 6.07) is 20.7. The van der Waals surface area contributed by atoms with Crippen molar-refractivity contribution in [2.24, 2.45) is 0 Å². The summed E-state index contributed by atoms with van der Waals surface area (Å²) in [7, 11) is 0. The Bertz CT molecular complexity index is 820. The van der Waals surface area contributed by atoms with Crippen molar-refractivity contribution in [3.8, 4) is 11.3 Å². The molecule has 0 saturated carbocycles. The standard InChI is InChI=1S/C15H11N.C5H8O2.CH3.Ir/c1-2-7-13(8-3-1)15-14-9-5-4-6-12(14)10-11-16-15;1-4(6)3-5(2)7;;/h1-11H;3,6H,1-2H3;1H3;/q;;-1;/b;4-3-;;. The van der Waals surface area contributed by atoms with Gasteiger partial charge in [-0.1, -0.05) is 54.6 Å². The second-order valence-electron chi connectivity index (χ2n) is 5.14. The van der Waals surface area contributed by atoms with E-state index in [0.717, 1.165) is 5.69 Å². The molecule has 0 atom stereocenters. The van der Waals surface area contributed by atoms with Gasteiger partial charge in [0.05, 0.1) is 11.5 Å². The molecule has 1 heterocycles. The number of allylic oxidation sites excluding steroid dienone is 2. The average Bonchev–Trinajstić information content (AvgIpc) is 2.54. The molecule has 1 radical (unpaired) electrons. The van der Waals surface area contributed by atoms with E-state index in [1.165, 1.54) is 36.3 Å². The van der Waals surface area contributed by atoms with Crippen molar-refractivity contribution in [1.29, 1.82) is 0 Å². The van der Waals surface area contributed by atoms with E-state index in [0.29, 0.717) is 0 Å². The van der Waals surface area contributed by atoms with Gasteiger partial charge in [-0.25, -0.2) is 0 Å². The number of aliphatic hydroxyl groups is 1. The molecule has 0 aliphatic heterocycles. The molecule has 3 nitrogen and oxygen atoms in total. The molecule has 3 rings (SSSR count). The third-order valence-corrected chi connectivity index (χ3v) is 3.13. The third kappa shape index (κ3) is 7.00. The minimum absolute atomic E-state index is 0. The van der Waals surface area contributed by atoms with Gasteiger partial charge in [0, 0.05) is 43.3 Å². The molecule has 0 saturated heterocycles. The summed E-state index contributed by atoms with van der Waals surface area (Å²) >= 11 is 0. The van der Waals surface area contributed by atoms with Crippen molar-refractivity contribution in [1.82, 2.24) is 4.98 Å². The van der Waals surface area contributed by atoms with Crippen LogP contribution < -0.4 is 0 Å². The average molecular weight is 513 g/mol. The van der Waals surface area contributed by atoms with Crippen LogP contribution in [-0.2, 0) is 24.9 Å². The SMILES string of the molecule is CC(=O)/C=C(/C)O.[CH3-].[Ir].c1ccc(-c2nccc3ccccc23)cc1. The number of ketones is 1.